The summed E-state index contributed by atoms with van der Waals surface area (Å²) in [5, 5.41) is 22.7. The summed E-state index contributed by atoms with van der Waals surface area (Å²) in [6, 6.07) is 3.87. The quantitative estimate of drug-likeness (QED) is 0.808. The second-order valence-corrected chi connectivity index (χ2v) is 7.68. The summed E-state index contributed by atoms with van der Waals surface area (Å²) in [6.45, 7) is 3.79. The summed E-state index contributed by atoms with van der Waals surface area (Å²) in [6.07, 6.45) is 3.05. The molecule has 2 aliphatic carbocycles. The molecule has 2 saturated carbocycles. The van der Waals surface area contributed by atoms with E-state index in [1.54, 1.807) is 6.20 Å². The number of carbonyl (C=O) groups is 1. The Kier molecular flexibility index (Phi) is 3.22. The number of fused-ring (bicyclic) bond motifs is 2. The summed E-state index contributed by atoms with van der Waals surface area (Å²) in [5.41, 5.74) is 0.794. The first-order valence-electron chi connectivity index (χ1n) is 8.05. The van der Waals surface area contributed by atoms with E-state index in [0.29, 0.717) is 29.7 Å². The number of rotatable bonds is 3. The van der Waals surface area contributed by atoms with E-state index in [4.69, 9.17) is 11.6 Å². The number of hydrogen-bond donors (Lipinski definition) is 3. The number of carbonyl (C=O) groups excluding carboxylic acids is 1. The zero-order valence-electron chi connectivity index (χ0n) is 13.1. The predicted octanol–water partition coefficient (Wildman–Crippen LogP) is 2.58. The highest BCUT2D eigenvalue weighted by Crippen LogP contribution is 2.60. The maximum absolute atomic E-state index is 11.8. The van der Waals surface area contributed by atoms with Gasteiger partial charge in [0, 0.05) is 22.4 Å². The van der Waals surface area contributed by atoms with Crippen LogP contribution in [0.1, 0.15) is 32.3 Å². The first-order valence-corrected chi connectivity index (χ1v) is 8.43. The number of benzene rings is 1. The van der Waals surface area contributed by atoms with Gasteiger partial charge in [-0.05, 0) is 42.4 Å². The van der Waals surface area contributed by atoms with Gasteiger partial charge in [0.1, 0.15) is 0 Å². The first-order chi connectivity index (χ1) is 10.9. The topological polar surface area (TPSA) is 78.0 Å². The second-order valence-electron chi connectivity index (χ2n) is 7.24. The zero-order chi connectivity index (χ0) is 16.4. The summed E-state index contributed by atoms with van der Waals surface area (Å²) < 4.78 is 0. The molecule has 2 aromatic rings. The molecule has 0 radical (unpaired) electrons. The zero-order valence-corrected chi connectivity index (χ0v) is 13.9. The molecule has 0 aliphatic heterocycles. The highest BCUT2D eigenvalue weighted by molar-refractivity contribution is 6.31. The third-order valence-corrected chi connectivity index (χ3v) is 5.55. The second kappa shape index (κ2) is 4.95. The number of H-pyrrole nitrogens is 1. The number of nitrogens with zero attached hydrogens (tertiary/aromatic N) is 1. The number of aromatic nitrogens is 2. The van der Waals surface area contributed by atoms with Crippen molar-refractivity contribution >= 4 is 28.4 Å². The van der Waals surface area contributed by atoms with Crippen LogP contribution in [-0.4, -0.2) is 27.3 Å². The lowest BCUT2D eigenvalue weighted by Gasteiger charge is -2.27. The van der Waals surface area contributed by atoms with Gasteiger partial charge in [-0.2, -0.15) is 5.10 Å². The third-order valence-electron chi connectivity index (χ3n) is 5.34. The summed E-state index contributed by atoms with van der Waals surface area (Å²) in [4.78, 5) is 11.8. The smallest absolute Gasteiger partial charge is 0.222 e. The lowest BCUT2D eigenvalue weighted by Crippen LogP contribution is -2.35. The van der Waals surface area contributed by atoms with Crippen molar-refractivity contribution in [1.82, 2.24) is 15.5 Å². The molecule has 3 N–H and O–H groups in total. The lowest BCUT2D eigenvalue weighted by atomic mass is 9.86. The molecule has 0 bridgehead atoms. The number of nitrogens with one attached hydrogen (secondary N) is 2. The van der Waals surface area contributed by atoms with Gasteiger partial charge in [0.15, 0.2) is 0 Å². The van der Waals surface area contributed by atoms with Crippen LogP contribution >= 0.6 is 11.6 Å². The van der Waals surface area contributed by atoms with Crippen molar-refractivity contribution in [2.75, 3.05) is 0 Å². The van der Waals surface area contributed by atoms with Gasteiger partial charge in [-0.3, -0.25) is 9.89 Å². The Morgan fingerprint density at radius 3 is 2.78 bits per heavy atom. The van der Waals surface area contributed by atoms with E-state index in [1.165, 1.54) is 0 Å². The van der Waals surface area contributed by atoms with Crippen LogP contribution < -0.4 is 5.32 Å². The minimum absolute atomic E-state index is 0.00584. The van der Waals surface area contributed by atoms with Gasteiger partial charge in [0.25, 0.3) is 0 Å². The molecule has 1 aromatic heterocycles. The number of halogens is 1. The summed E-state index contributed by atoms with van der Waals surface area (Å²) in [5.74, 6) is 0.786. The fourth-order valence-corrected chi connectivity index (χ4v) is 4.25. The van der Waals surface area contributed by atoms with Crippen molar-refractivity contribution in [2.24, 2.45) is 17.8 Å². The first kappa shape index (κ1) is 15.0. The van der Waals surface area contributed by atoms with E-state index in [9.17, 15) is 9.90 Å². The van der Waals surface area contributed by atoms with E-state index < -0.39 is 5.60 Å². The van der Waals surface area contributed by atoms with Crippen LogP contribution in [0.2, 0.25) is 5.02 Å². The van der Waals surface area contributed by atoms with E-state index in [2.05, 4.69) is 15.5 Å². The molecule has 0 unspecified atom stereocenters. The molecule has 0 saturated heterocycles. The average molecular weight is 334 g/mol. The molecule has 6 heteroatoms. The van der Waals surface area contributed by atoms with Crippen molar-refractivity contribution in [3.63, 3.8) is 0 Å². The maximum Gasteiger partial charge on any atom is 0.222 e. The molecule has 122 valence electrons. The normalized spacial score (nSPS) is 32.3. The molecule has 0 spiro atoms. The SMILES string of the molecule is CC(C)C(=O)N[C@H]1[C@@H]2C[C@](O)(c3cc(Cl)cc4[nH]ncc34)C[C@@H]21. The van der Waals surface area contributed by atoms with Gasteiger partial charge in [0.05, 0.1) is 17.3 Å². The fraction of sp³-hybridized carbons (Fsp3) is 0.529. The number of hydrogen-bond acceptors (Lipinski definition) is 3. The van der Waals surface area contributed by atoms with Crippen LogP contribution in [0.5, 0.6) is 0 Å². The fourth-order valence-electron chi connectivity index (χ4n) is 4.03. The Bertz CT molecular complexity index is 773. The van der Waals surface area contributed by atoms with Gasteiger partial charge in [-0.1, -0.05) is 25.4 Å². The van der Waals surface area contributed by atoms with Crippen LogP contribution in [0.3, 0.4) is 0 Å². The van der Waals surface area contributed by atoms with Gasteiger partial charge < -0.3 is 10.4 Å². The Hall–Kier alpha value is -1.59. The molecular formula is C17H20ClN3O2. The molecule has 1 amide bonds. The van der Waals surface area contributed by atoms with Crippen LogP contribution in [0.25, 0.3) is 10.9 Å². The van der Waals surface area contributed by atoms with E-state index in [1.807, 2.05) is 26.0 Å². The predicted molar refractivity (Wildman–Crippen MR) is 88.0 cm³/mol. The highest BCUT2D eigenvalue weighted by atomic mass is 35.5. The Labute approximate surface area is 139 Å². The summed E-state index contributed by atoms with van der Waals surface area (Å²) >= 11 is 6.19. The van der Waals surface area contributed by atoms with Crippen molar-refractivity contribution in [3.05, 3.63) is 28.9 Å². The monoisotopic (exact) mass is 333 g/mol. The number of amides is 1. The number of aliphatic hydroxyl groups is 1. The van der Waals surface area contributed by atoms with Crippen molar-refractivity contribution in [3.8, 4) is 0 Å². The van der Waals surface area contributed by atoms with E-state index in [-0.39, 0.29) is 17.9 Å². The van der Waals surface area contributed by atoms with Crippen molar-refractivity contribution in [1.29, 1.82) is 0 Å². The molecule has 1 heterocycles. The molecule has 4 atom stereocenters. The molecule has 2 aliphatic rings. The molecule has 2 fully saturated rings. The Balaban J connectivity index is 1.56. The highest BCUT2D eigenvalue weighted by Gasteiger charge is 2.62. The van der Waals surface area contributed by atoms with Crippen LogP contribution in [0.15, 0.2) is 18.3 Å². The number of aromatic amines is 1. The molecule has 5 nitrogen and oxygen atoms in total. The average Bonchev–Trinajstić information content (AvgIpc) is 2.88. The molecule has 4 rings (SSSR count). The minimum Gasteiger partial charge on any atom is -0.385 e. The minimum atomic E-state index is -0.887. The third kappa shape index (κ3) is 2.34. The van der Waals surface area contributed by atoms with Crippen molar-refractivity contribution < 1.29 is 9.90 Å². The van der Waals surface area contributed by atoms with E-state index in [0.717, 1.165) is 16.5 Å². The molecule has 23 heavy (non-hydrogen) atoms. The Morgan fingerprint density at radius 1 is 1.43 bits per heavy atom. The van der Waals surface area contributed by atoms with Gasteiger partial charge in [-0.15, -0.1) is 0 Å². The standard InChI is InChI=1S/C17H20ClN3O2/c1-8(2)16(22)20-15-10-5-17(23,6-11(10)15)13-3-9(18)4-14-12(13)7-19-21-14/h3-4,7-8,10-11,15,23H,5-6H2,1-2H3,(H,19,21)(H,20,22)/t10-,11+,15+,17-. The summed E-state index contributed by atoms with van der Waals surface area (Å²) in [7, 11) is 0. The van der Waals surface area contributed by atoms with Crippen LogP contribution in [0, 0.1) is 17.8 Å². The van der Waals surface area contributed by atoms with Gasteiger partial charge in [0.2, 0.25) is 5.91 Å². The maximum atomic E-state index is 11.8. The molecule has 1 aromatic carbocycles. The van der Waals surface area contributed by atoms with Gasteiger partial charge >= 0.3 is 0 Å². The Morgan fingerprint density at radius 2 is 2.13 bits per heavy atom. The van der Waals surface area contributed by atoms with Crippen LogP contribution in [-0.2, 0) is 10.4 Å². The molecular weight excluding hydrogens is 314 g/mol. The largest absolute Gasteiger partial charge is 0.385 e. The van der Waals surface area contributed by atoms with Crippen molar-refractivity contribution in [2.45, 2.75) is 38.3 Å². The van der Waals surface area contributed by atoms with E-state index >= 15 is 0 Å². The van der Waals surface area contributed by atoms with Crippen LogP contribution in [0.4, 0.5) is 0 Å². The lowest BCUT2D eigenvalue weighted by molar-refractivity contribution is -0.124. The van der Waals surface area contributed by atoms with Gasteiger partial charge in [-0.25, -0.2) is 0 Å².